The van der Waals surface area contributed by atoms with E-state index in [2.05, 4.69) is 14.8 Å². The van der Waals surface area contributed by atoms with Crippen LogP contribution in [0.15, 0.2) is 18.2 Å². The highest BCUT2D eigenvalue weighted by atomic mass is 35.5. The molecule has 3 rings (SSSR count). The number of anilines is 1. The van der Waals surface area contributed by atoms with Crippen LogP contribution in [0.3, 0.4) is 0 Å². The first-order valence-electron chi connectivity index (χ1n) is 6.98. The van der Waals surface area contributed by atoms with Crippen LogP contribution in [0.2, 0.25) is 0 Å². The number of hydrogen-bond acceptors (Lipinski definition) is 4. The van der Waals surface area contributed by atoms with Crippen molar-refractivity contribution in [1.29, 1.82) is 0 Å². The third-order valence-electron chi connectivity index (χ3n) is 3.75. The third kappa shape index (κ3) is 3.31. The molecule has 2 heterocycles. The van der Waals surface area contributed by atoms with E-state index in [9.17, 15) is 13.2 Å². The molecule has 0 amide bonds. The van der Waals surface area contributed by atoms with Gasteiger partial charge in [-0.1, -0.05) is 11.3 Å². The molecule has 0 aliphatic carbocycles. The van der Waals surface area contributed by atoms with Crippen molar-refractivity contribution in [2.45, 2.75) is 6.18 Å². The van der Waals surface area contributed by atoms with Gasteiger partial charge in [0.1, 0.15) is 0 Å². The van der Waals surface area contributed by atoms with Crippen LogP contribution >= 0.6 is 22.9 Å². The van der Waals surface area contributed by atoms with Gasteiger partial charge >= 0.3 is 6.18 Å². The summed E-state index contributed by atoms with van der Waals surface area (Å²) in [5.74, 6) is 0.612. The van der Waals surface area contributed by atoms with E-state index in [0.29, 0.717) is 16.1 Å². The monoisotopic (exact) mass is 349 g/mol. The van der Waals surface area contributed by atoms with Gasteiger partial charge in [-0.3, -0.25) is 4.90 Å². The first kappa shape index (κ1) is 15.8. The van der Waals surface area contributed by atoms with E-state index in [1.807, 2.05) is 0 Å². The second kappa shape index (κ2) is 6.22. The zero-order valence-electron chi connectivity index (χ0n) is 11.7. The van der Waals surface area contributed by atoms with Crippen molar-refractivity contribution in [2.75, 3.05) is 43.5 Å². The van der Waals surface area contributed by atoms with E-state index in [1.165, 1.54) is 23.5 Å². The van der Waals surface area contributed by atoms with Crippen LogP contribution in [-0.4, -0.2) is 48.5 Å². The SMILES string of the molecule is FC(F)(F)c1ccc2nc(N3CCN(CCCl)CC3)sc2c1. The number of benzene rings is 1. The van der Waals surface area contributed by atoms with Gasteiger partial charge in [-0.25, -0.2) is 4.98 Å². The minimum absolute atomic E-state index is 0.577. The number of hydrogen-bond donors (Lipinski definition) is 0. The zero-order chi connectivity index (χ0) is 15.7. The van der Waals surface area contributed by atoms with Gasteiger partial charge in [-0.05, 0) is 18.2 Å². The van der Waals surface area contributed by atoms with Gasteiger partial charge < -0.3 is 4.90 Å². The summed E-state index contributed by atoms with van der Waals surface area (Å²) < 4.78 is 38.8. The van der Waals surface area contributed by atoms with Crippen molar-refractivity contribution in [3.63, 3.8) is 0 Å². The van der Waals surface area contributed by atoms with Crippen molar-refractivity contribution in [1.82, 2.24) is 9.88 Å². The molecule has 22 heavy (non-hydrogen) atoms. The average molecular weight is 350 g/mol. The Morgan fingerprint density at radius 3 is 2.55 bits per heavy atom. The van der Waals surface area contributed by atoms with Gasteiger partial charge in [-0.2, -0.15) is 13.2 Å². The number of fused-ring (bicyclic) bond motifs is 1. The predicted molar refractivity (Wildman–Crippen MR) is 84.0 cm³/mol. The molecule has 0 spiro atoms. The Bertz CT molecular complexity index is 650. The van der Waals surface area contributed by atoms with E-state index >= 15 is 0 Å². The number of piperazine rings is 1. The smallest absolute Gasteiger partial charge is 0.345 e. The molecular weight excluding hydrogens is 335 g/mol. The highest BCUT2D eigenvalue weighted by Crippen LogP contribution is 2.35. The van der Waals surface area contributed by atoms with Gasteiger partial charge in [0.25, 0.3) is 0 Å². The molecule has 1 saturated heterocycles. The first-order valence-corrected chi connectivity index (χ1v) is 8.33. The largest absolute Gasteiger partial charge is 0.416 e. The quantitative estimate of drug-likeness (QED) is 0.788. The highest BCUT2D eigenvalue weighted by molar-refractivity contribution is 7.22. The summed E-state index contributed by atoms with van der Waals surface area (Å²) in [6.45, 7) is 4.31. The van der Waals surface area contributed by atoms with Crippen LogP contribution in [0.1, 0.15) is 5.56 Å². The van der Waals surface area contributed by atoms with Crippen LogP contribution in [0.4, 0.5) is 18.3 Å². The van der Waals surface area contributed by atoms with Crippen molar-refractivity contribution in [3.05, 3.63) is 23.8 Å². The summed E-state index contributed by atoms with van der Waals surface area (Å²) in [5.41, 5.74) is -0.00156. The molecule has 0 N–H and O–H groups in total. The van der Waals surface area contributed by atoms with E-state index in [-0.39, 0.29) is 0 Å². The first-order chi connectivity index (χ1) is 10.5. The number of thiazole rings is 1. The molecule has 0 unspecified atom stereocenters. The van der Waals surface area contributed by atoms with Gasteiger partial charge in [0.15, 0.2) is 5.13 Å². The van der Waals surface area contributed by atoms with Crippen LogP contribution < -0.4 is 4.90 Å². The van der Waals surface area contributed by atoms with Crippen LogP contribution in [-0.2, 0) is 6.18 Å². The molecule has 0 radical (unpaired) electrons. The van der Waals surface area contributed by atoms with Crippen LogP contribution in [0.25, 0.3) is 10.2 Å². The molecular formula is C14H15ClF3N3S. The lowest BCUT2D eigenvalue weighted by atomic mass is 10.2. The maximum absolute atomic E-state index is 12.8. The zero-order valence-corrected chi connectivity index (χ0v) is 13.3. The fourth-order valence-corrected chi connectivity index (χ4v) is 3.80. The van der Waals surface area contributed by atoms with E-state index in [0.717, 1.165) is 43.9 Å². The molecule has 1 aromatic carbocycles. The number of aromatic nitrogens is 1. The topological polar surface area (TPSA) is 19.4 Å². The molecule has 1 fully saturated rings. The van der Waals surface area contributed by atoms with Crippen molar-refractivity contribution < 1.29 is 13.2 Å². The Balaban J connectivity index is 1.78. The number of nitrogens with zero attached hydrogens (tertiary/aromatic N) is 3. The van der Waals surface area contributed by atoms with Gasteiger partial charge in [0.05, 0.1) is 15.8 Å². The second-order valence-corrected chi connectivity index (χ2v) is 6.58. The molecule has 0 bridgehead atoms. The Kier molecular flexibility index (Phi) is 4.47. The van der Waals surface area contributed by atoms with Crippen LogP contribution in [0.5, 0.6) is 0 Å². The normalized spacial score (nSPS) is 17.4. The Labute approximate surface area is 135 Å². The Hall–Kier alpha value is -1.05. The molecule has 1 aliphatic rings. The summed E-state index contributed by atoms with van der Waals surface area (Å²) in [5, 5.41) is 0.792. The van der Waals surface area contributed by atoms with Crippen molar-refractivity contribution in [3.8, 4) is 0 Å². The standard InChI is InChI=1S/C14H15ClF3N3S/c15-3-4-20-5-7-21(8-6-20)13-19-11-2-1-10(14(16,17)18)9-12(11)22-13/h1-2,9H,3-8H2. The lowest BCUT2D eigenvalue weighted by molar-refractivity contribution is -0.137. The summed E-state index contributed by atoms with van der Waals surface area (Å²) in [7, 11) is 0. The van der Waals surface area contributed by atoms with Crippen molar-refractivity contribution >= 4 is 38.3 Å². The van der Waals surface area contributed by atoms with Gasteiger partial charge in [0.2, 0.25) is 0 Å². The van der Waals surface area contributed by atoms with Gasteiger partial charge in [-0.15, -0.1) is 11.6 Å². The highest BCUT2D eigenvalue weighted by Gasteiger charge is 2.31. The average Bonchev–Trinajstić information content (AvgIpc) is 2.90. The third-order valence-corrected chi connectivity index (χ3v) is 5.00. The number of alkyl halides is 4. The van der Waals surface area contributed by atoms with E-state index < -0.39 is 11.7 Å². The molecule has 120 valence electrons. The van der Waals surface area contributed by atoms with Crippen molar-refractivity contribution in [2.24, 2.45) is 0 Å². The molecule has 0 atom stereocenters. The predicted octanol–water partition coefficient (Wildman–Crippen LogP) is 3.68. The second-order valence-electron chi connectivity index (χ2n) is 5.19. The summed E-state index contributed by atoms with van der Waals surface area (Å²) >= 11 is 7.05. The fourth-order valence-electron chi connectivity index (χ4n) is 2.51. The number of rotatable bonds is 3. The van der Waals surface area contributed by atoms with Gasteiger partial charge in [0, 0.05) is 38.6 Å². The minimum atomic E-state index is -4.31. The Morgan fingerprint density at radius 1 is 1.18 bits per heavy atom. The Morgan fingerprint density at radius 2 is 1.91 bits per heavy atom. The molecule has 1 aromatic heterocycles. The maximum atomic E-state index is 12.8. The van der Waals surface area contributed by atoms with E-state index in [1.54, 1.807) is 0 Å². The summed E-state index contributed by atoms with van der Waals surface area (Å²) in [4.78, 5) is 8.87. The maximum Gasteiger partial charge on any atom is 0.416 e. The fraction of sp³-hybridized carbons (Fsp3) is 0.500. The summed E-state index contributed by atoms with van der Waals surface area (Å²) in [6.07, 6.45) is -4.31. The molecule has 8 heteroatoms. The molecule has 1 aliphatic heterocycles. The minimum Gasteiger partial charge on any atom is -0.345 e. The molecule has 3 nitrogen and oxygen atoms in total. The van der Waals surface area contributed by atoms with E-state index in [4.69, 9.17) is 11.6 Å². The molecule has 2 aromatic rings. The van der Waals surface area contributed by atoms with Crippen LogP contribution in [0, 0.1) is 0 Å². The molecule has 0 saturated carbocycles. The summed E-state index contributed by atoms with van der Waals surface area (Å²) in [6, 6.07) is 3.71. The lowest BCUT2D eigenvalue weighted by Gasteiger charge is -2.34. The lowest BCUT2D eigenvalue weighted by Crippen LogP contribution is -2.46. The number of halogens is 4.